The first-order valence-corrected chi connectivity index (χ1v) is 4.61. The van der Waals surface area contributed by atoms with Crippen LogP contribution >= 0.6 is 0 Å². The summed E-state index contributed by atoms with van der Waals surface area (Å²) >= 11 is 0. The highest BCUT2D eigenvalue weighted by Gasteiger charge is 2.44. The molecular formula is C10H17N. The molecule has 0 heterocycles. The second kappa shape index (κ2) is 2.10. The van der Waals surface area contributed by atoms with E-state index >= 15 is 0 Å². The molecule has 0 spiro atoms. The van der Waals surface area contributed by atoms with Crippen molar-refractivity contribution < 1.29 is 0 Å². The van der Waals surface area contributed by atoms with Gasteiger partial charge < -0.3 is 5.73 Å². The van der Waals surface area contributed by atoms with Crippen LogP contribution in [0.2, 0.25) is 0 Å². The summed E-state index contributed by atoms with van der Waals surface area (Å²) in [5.74, 6) is 0. The van der Waals surface area contributed by atoms with Gasteiger partial charge in [0.1, 0.15) is 0 Å². The largest absolute Gasteiger partial charge is 0.325 e. The van der Waals surface area contributed by atoms with Crippen LogP contribution in [0.4, 0.5) is 0 Å². The zero-order valence-corrected chi connectivity index (χ0v) is 7.10. The van der Waals surface area contributed by atoms with Crippen molar-refractivity contribution in [3.05, 3.63) is 12.7 Å². The van der Waals surface area contributed by atoms with Gasteiger partial charge in [-0.3, -0.25) is 0 Å². The summed E-state index contributed by atoms with van der Waals surface area (Å²) in [6.07, 6.45) is 9.69. The van der Waals surface area contributed by atoms with Crippen LogP contribution in [-0.2, 0) is 0 Å². The molecule has 0 saturated heterocycles. The second-order valence-corrected chi connectivity index (χ2v) is 4.43. The molecule has 3 fully saturated rings. The Bertz CT molecular complexity index is 159. The Labute approximate surface area is 68.7 Å². The highest BCUT2D eigenvalue weighted by atomic mass is 14.8. The summed E-state index contributed by atoms with van der Waals surface area (Å²) in [6.45, 7) is 3.93. The molecule has 0 aromatic carbocycles. The Morgan fingerprint density at radius 1 is 1.00 bits per heavy atom. The molecule has 2 bridgehead atoms. The van der Waals surface area contributed by atoms with E-state index in [9.17, 15) is 0 Å². The van der Waals surface area contributed by atoms with Crippen LogP contribution in [0, 0.1) is 5.41 Å². The first-order valence-electron chi connectivity index (χ1n) is 4.61. The lowest BCUT2D eigenvalue weighted by Crippen LogP contribution is -2.51. The number of hydrogen-bond acceptors (Lipinski definition) is 1. The molecule has 1 heteroatoms. The molecule has 3 saturated carbocycles. The Kier molecular flexibility index (Phi) is 1.40. The third-order valence-corrected chi connectivity index (χ3v) is 3.80. The summed E-state index contributed by atoms with van der Waals surface area (Å²) in [5.41, 5.74) is 6.88. The van der Waals surface area contributed by atoms with Gasteiger partial charge in [-0.1, -0.05) is 6.08 Å². The molecule has 0 atom stereocenters. The Hall–Kier alpha value is -0.300. The number of fused-ring (bicyclic) bond motifs is 3. The molecule has 0 radical (unpaired) electrons. The monoisotopic (exact) mass is 151 g/mol. The first kappa shape index (κ1) is 7.35. The van der Waals surface area contributed by atoms with Crippen LogP contribution in [0.1, 0.15) is 38.5 Å². The van der Waals surface area contributed by atoms with Gasteiger partial charge in [0.2, 0.25) is 0 Å². The summed E-state index contributed by atoms with van der Waals surface area (Å²) in [7, 11) is 0. The lowest BCUT2D eigenvalue weighted by molar-refractivity contribution is 0.0846. The van der Waals surface area contributed by atoms with E-state index in [1.54, 1.807) is 0 Å². The molecule has 3 rings (SSSR count). The van der Waals surface area contributed by atoms with Crippen molar-refractivity contribution in [3.63, 3.8) is 0 Å². The molecule has 3 aliphatic rings. The highest BCUT2D eigenvalue weighted by molar-refractivity contribution is 5.08. The molecule has 0 unspecified atom stereocenters. The topological polar surface area (TPSA) is 26.0 Å². The van der Waals surface area contributed by atoms with E-state index < -0.39 is 0 Å². The van der Waals surface area contributed by atoms with Gasteiger partial charge >= 0.3 is 0 Å². The number of nitrogens with two attached hydrogens (primary N) is 1. The molecule has 11 heavy (non-hydrogen) atoms. The van der Waals surface area contributed by atoms with Gasteiger partial charge in [-0.2, -0.15) is 0 Å². The maximum Gasteiger partial charge on any atom is 0.0155 e. The fraction of sp³-hybridized carbons (Fsp3) is 0.800. The minimum absolute atomic E-state index is 0.213. The molecule has 0 aliphatic heterocycles. The van der Waals surface area contributed by atoms with E-state index in [1.807, 2.05) is 0 Å². The SMILES string of the molecule is C=CC12CCC(N)(CC1)CC2. The molecule has 1 nitrogen and oxygen atoms in total. The van der Waals surface area contributed by atoms with E-state index in [-0.39, 0.29) is 5.54 Å². The van der Waals surface area contributed by atoms with Crippen molar-refractivity contribution in [3.8, 4) is 0 Å². The van der Waals surface area contributed by atoms with Gasteiger partial charge in [0.05, 0.1) is 0 Å². The standard InChI is InChI=1S/C10H17N/c1-2-9-3-6-10(11,7-4-9)8-5-9/h2H,1,3-8,11H2. The Balaban J connectivity index is 2.18. The van der Waals surface area contributed by atoms with Crippen LogP contribution in [0.25, 0.3) is 0 Å². The predicted molar refractivity (Wildman–Crippen MR) is 47.3 cm³/mol. The van der Waals surface area contributed by atoms with Crippen LogP contribution < -0.4 is 5.73 Å². The number of allylic oxidation sites excluding steroid dienone is 1. The van der Waals surface area contributed by atoms with Gasteiger partial charge in [0, 0.05) is 5.54 Å². The average molecular weight is 151 g/mol. The maximum absolute atomic E-state index is 6.18. The van der Waals surface area contributed by atoms with Gasteiger partial charge in [0.25, 0.3) is 0 Å². The maximum atomic E-state index is 6.18. The fourth-order valence-electron chi connectivity index (χ4n) is 2.55. The van der Waals surface area contributed by atoms with E-state index in [0.717, 1.165) is 0 Å². The molecule has 0 aromatic rings. The van der Waals surface area contributed by atoms with E-state index in [2.05, 4.69) is 12.7 Å². The normalized spacial score (nSPS) is 49.2. The number of rotatable bonds is 1. The third kappa shape index (κ3) is 1.02. The third-order valence-electron chi connectivity index (χ3n) is 3.80. The van der Waals surface area contributed by atoms with E-state index in [0.29, 0.717) is 5.41 Å². The van der Waals surface area contributed by atoms with Gasteiger partial charge in [-0.05, 0) is 43.9 Å². The average Bonchev–Trinajstić information content (AvgIpc) is 2.07. The molecule has 62 valence electrons. The zero-order chi connectivity index (χ0) is 7.95. The summed E-state index contributed by atoms with van der Waals surface area (Å²) in [5, 5.41) is 0. The van der Waals surface area contributed by atoms with Crippen LogP contribution in [0.15, 0.2) is 12.7 Å². The minimum Gasteiger partial charge on any atom is -0.325 e. The van der Waals surface area contributed by atoms with Gasteiger partial charge in [-0.25, -0.2) is 0 Å². The van der Waals surface area contributed by atoms with Crippen molar-refractivity contribution in [2.75, 3.05) is 0 Å². The molecular weight excluding hydrogens is 134 g/mol. The quantitative estimate of drug-likeness (QED) is 0.571. The molecule has 3 aliphatic carbocycles. The lowest BCUT2D eigenvalue weighted by Gasteiger charge is -2.50. The van der Waals surface area contributed by atoms with Gasteiger partial charge in [-0.15, -0.1) is 6.58 Å². The first-order chi connectivity index (χ1) is 5.18. The summed E-state index contributed by atoms with van der Waals surface area (Å²) < 4.78 is 0. The van der Waals surface area contributed by atoms with Crippen molar-refractivity contribution in [2.24, 2.45) is 11.1 Å². The van der Waals surface area contributed by atoms with Crippen LogP contribution in [0.3, 0.4) is 0 Å². The predicted octanol–water partition coefficient (Wildman–Crippen LogP) is 2.22. The number of hydrogen-bond donors (Lipinski definition) is 1. The van der Waals surface area contributed by atoms with Crippen LogP contribution in [-0.4, -0.2) is 5.54 Å². The second-order valence-electron chi connectivity index (χ2n) is 4.43. The van der Waals surface area contributed by atoms with Crippen LogP contribution in [0.5, 0.6) is 0 Å². The highest BCUT2D eigenvalue weighted by Crippen LogP contribution is 2.51. The van der Waals surface area contributed by atoms with Crippen molar-refractivity contribution in [2.45, 2.75) is 44.1 Å². The molecule has 2 N–H and O–H groups in total. The van der Waals surface area contributed by atoms with Crippen molar-refractivity contribution in [1.29, 1.82) is 0 Å². The Morgan fingerprint density at radius 2 is 1.45 bits per heavy atom. The molecule has 0 aromatic heterocycles. The van der Waals surface area contributed by atoms with Gasteiger partial charge in [0.15, 0.2) is 0 Å². The minimum atomic E-state index is 0.213. The summed E-state index contributed by atoms with van der Waals surface area (Å²) in [4.78, 5) is 0. The summed E-state index contributed by atoms with van der Waals surface area (Å²) in [6, 6.07) is 0. The van der Waals surface area contributed by atoms with Crippen molar-refractivity contribution in [1.82, 2.24) is 0 Å². The lowest BCUT2D eigenvalue weighted by atomic mass is 9.58. The fourth-order valence-corrected chi connectivity index (χ4v) is 2.55. The smallest absolute Gasteiger partial charge is 0.0155 e. The van der Waals surface area contributed by atoms with E-state index in [1.165, 1.54) is 38.5 Å². The molecule has 0 amide bonds. The Morgan fingerprint density at radius 3 is 1.82 bits per heavy atom. The van der Waals surface area contributed by atoms with Crippen molar-refractivity contribution >= 4 is 0 Å². The zero-order valence-electron chi connectivity index (χ0n) is 7.10. The van der Waals surface area contributed by atoms with E-state index in [4.69, 9.17) is 5.73 Å².